The number of hydrogen-bond acceptors (Lipinski definition) is 1. The lowest BCUT2D eigenvalue weighted by molar-refractivity contribution is 0.386. The van der Waals surface area contributed by atoms with E-state index in [9.17, 15) is 4.39 Å². The van der Waals surface area contributed by atoms with Gasteiger partial charge in [-0.2, -0.15) is 0 Å². The molecule has 0 atom stereocenters. The molecule has 0 spiro atoms. The number of methoxy groups -OCH3 is 1. The van der Waals surface area contributed by atoms with E-state index in [0.29, 0.717) is 5.02 Å². The van der Waals surface area contributed by atoms with Gasteiger partial charge in [-0.05, 0) is 12.1 Å². The molecule has 0 aliphatic rings. The minimum atomic E-state index is -0.396. The van der Waals surface area contributed by atoms with Crippen LogP contribution in [0.5, 0.6) is 5.75 Å². The van der Waals surface area contributed by atoms with Gasteiger partial charge in [-0.15, -0.1) is 0 Å². The molecule has 0 heterocycles. The molecule has 54 valence electrons. The Morgan fingerprint density at radius 1 is 1.50 bits per heavy atom. The van der Waals surface area contributed by atoms with Gasteiger partial charge in [-0.3, -0.25) is 0 Å². The molecule has 1 rings (SSSR count). The SMILES string of the molecule is COc1cc(Cl)ccc1F. The molecule has 0 aliphatic heterocycles. The Morgan fingerprint density at radius 2 is 2.20 bits per heavy atom. The molecule has 0 N–H and O–H groups in total. The van der Waals surface area contributed by atoms with E-state index in [1.165, 1.54) is 25.3 Å². The van der Waals surface area contributed by atoms with Crippen LogP contribution in [0.1, 0.15) is 0 Å². The number of ether oxygens (including phenoxy) is 1. The lowest BCUT2D eigenvalue weighted by atomic mass is 10.3. The topological polar surface area (TPSA) is 9.23 Å². The van der Waals surface area contributed by atoms with Crippen molar-refractivity contribution in [3.05, 3.63) is 29.0 Å². The number of rotatable bonds is 1. The number of benzene rings is 1. The van der Waals surface area contributed by atoms with Crippen molar-refractivity contribution in [3.63, 3.8) is 0 Å². The summed E-state index contributed by atoms with van der Waals surface area (Å²) in [4.78, 5) is 0. The second-order valence-electron chi connectivity index (χ2n) is 1.78. The van der Waals surface area contributed by atoms with Gasteiger partial charge in [0.2, 0.25) is 0 Å². The molecule has 0 aliphatic carbocycles. The zero-order valence-electron chi connectivity index (χ0n) is 5.40. The summed E-state index contributed by atoms with van der Waals surface area (Å²) >= 11 is 5.55. The fourth-order valence-corrected chi connectivity index (χ4v) is 0.796. The average Bonchev–Trinajstić information content (AvgIpc) is 1.94. The fraction of sp³-hybridized carbons (Fsp3) is 0.143. The molecule has 0 saturated heterocycles. The van der Waals surface area contributed by atoms with Crippen LogP contribution in [0.4, 0.5) is 4.39 Å². The van der Waals surface area contributed by atoms with Crippen LogP contribution in [0.3, 0.4) is 0 Å². The van der Waals surface area contributed by atoms with Gasteiger partial charge in [0.05, 0.1) is 7.11 Å². The van der Waals surface area contributed by atoms with E-state index < -0.39 is 5.82 Å². The van der Waals surface area contributed by atoms with Crippen molar-refractivity contribution in [3.8, 4) is 5.75 Å². The Balaban J connectivity index is 3.09. The van der Waals surface area contributed by atoms with Crippen LogP contribution in [-0.4, -0.2) is 7.11 Å². The van der Waals surface area contributed by atoms with Gasteiger partial charge in [0.25, 0.3) is 0 Å². The van der Waals surface area contributed by atoms with Crippen LogP contribution in [0.15, 0.2) is 18.2 Å². The maximum absolute atomic E-state index is 12.6. The standard InChI is InChI=1S/C7H6ClFO/c1-10-7-4-5(8)2-3-6(7)9/h2-4H,1H3. The summed E-state index contributed by atoms with van der Waals surface area (Å²) in [5.74, 6) is -0.223. The minimum absolute atomic E-state index is 0.174. The predicted octanol–water partition coefficient (Wildman–Crippen LogP) is 2.49. The molecule has 1 aromatic carbocycles. The summed E-state index contributed by atoms with van der Waals surface area (Å²) < 4.78 is 17.3. The second kappa shape index (κ2) is 2.88. The van der Waals surface area contributed by atoms with Crippen molar-refractivity contribution in [2.75, 3.05) is 7.11 Å². The van der Waals surface area contributed by atoms with Crippen molar-refractivity contribution in [1.82, 2.24) is 0 Å². The molecule has 0 aromatic heterocycles. The lowest BCUT2D eigenvalue weighted by Gasteiger charge is -1.99. The monoisotopic (exact) mass is 160 g/mol. The van der Waals surface area contributed by atoms with Crippen molar-refractivity contribution < 1.29 is 9.13 Å². The van der Waals surface area contributed by atoms with Gasteiger partial charge < -0.3 is 4.74 Å². The highest BCUT2D eigenvalue weighted by molar-refractivity contribution is 6.30. The normalized spacial score (nSPS) is 9.50. The molecule has 0 unspecified atom stereocenters. The van der Waals surface area contributed by atoms with Crippen LogP contribution < -0.4 is 4.74 Å². The zero-order valence-corrected chi connectivity index (χ0v) is 6.15. The van der Waals surface area contributed by atoms with Crippen LogP contribution in [-0.2, 0) is 0 Å². The summed E-state index contributed by atoms with van der Waals surface area (Å²) in [6, 6.07) is 4.16. The molecule has 1 aromatic rings. The summed E-state index contributed by atoms with van der Waals surface area (Å²) in [6.07, 6.45) is 0. The third kappa shape index (κ3) is 1.39. The molecule has 3 heteroatoms. The lowest BCUT2D eigenvalue weighted by Crippen LogP contribution is -1.86. The Kier molecular flexibility index (Phi) is 2.12. The first-order valence-corrected chi connectivity index (χ1v) is 3.11. The van der Waals surface area contributed by atoms with Gasteiger partial charge in [0, 0.05) is 11.1 Å². The van der Waals surface area contributed by atoms with E-state index in [4.69, 9.17) is 11.6 Å². The Hall–Kier alpha value is -0.760. The van der Waals surface area contributed by atoms with E-state index >= 15 is 0 Å². The van der Waals surface area contributed by atoms with Crippen LogP contribution >= 0.6 is 11.6 Å². The quantitative estimate of drug-likeness (QED) is 0.613. The summed E-state index contributed by atoms with van der Waals surface area (Å²) in [5.41, 5.74) is 0. The van der Waals surface area contributed by atoms with Crippen LogP contribution in [0, 0.1) is 5.82 Å². The molecule has 0 bridgehead atoms. The maximum atomic E-state index is 12.6. The van der Waals surface area contributed by atoms with E-state index in [1.807, 2.05) is 0 Å². The first-order chi connectivity index (χ1) is 4.74. The molecule has 10 heavy (non-hydrogen) atoms. The smallest absolute Gasteiger partial charge is 0.165 e. The molecule has 0 amide bonds. The largest absolute Gasteiger partial charge is 0.494 e. The highest BCUT2D eigenvalue weighted by Crippen LogP contribution is 2.20. The van der Waals surface area contributed by atoms with E-state index in [-0.39, 0.29) is 5.75 Å². The first kappa shape index (κ1) is 7.35. The van der Waals surface area contributed by atoms with Crippen molar-refractivity contribution >= 4 is 11.6 Å². The number of halogens is 2. The van der Waals surface area contributed by atoms with Gasteiger partial charge in [-0.1, -0.05) is 11.6 Å². The molecule has 1 nitrogen and oxygen atoms in total. The zero-order chi connectivity index (χ0) is 7.56. The second-order valence-corrected chi connectivity index (χ2v) is 2.22. The molecule has 0 radical (unpaired) electrons. The van der Waals surface area contributed by atoms with Crippen molar-refractivity contribution in [2.24, 2.45) is 0 Å². The minimum Gasteiger partial charge on any atom is -0.494 e. The molecule has 0 fully saturated rings. The highest BCUT2D eigenvalue weighted by atomic mass is 35.5. The van der Waals surface area contributed by atoms with Crippen molar-refractivity contribution in [2.45, 2.75) is 0 Å². The summed E-state index contributed by atoms with van der Waals surface area (Å²) in [5, 5.41) is 0.471. The number of hydrogen-bond donors (Lipinski definition) is 0. The highest BCUT2D eigenvalue weighted by Gasteiger charge is 2.00. The Morgan fingerprint density at radius 3 is 2.70 bits per heavy atom. The third-order valence-corrected chi connectivity index (χ3v) is 1.35. The van der Waals surface area contributed by atoms with E-state index in [2.05, 4.69) is 4.74 Å². The fourth-order valence-electron chi connectivity index (χ4n) is 0.634. The Labute approximate surface area is 63.4 Å². The van der Waals surface area contributed by atoms with Gasteiger partial charge in [0.15, 0.2) is 11.6 Å². The first-order valence-electron chi connectivity index (χ1n) is 2.73. The third-order valence-electron chi connectivity index (χ3n) is 1.11. The summed E-state index contributed by atoms with van der Waals surface area (Å²) in [6.45, 7) is 0. The van der Waals surface area contributed by atoms with Crippen LogP contribution in [0.2, 0.25) is 5.02 Å². The van der Waals surface area contributed by atoms with Crippen molar-refractivity contribution in [1.29, 1.82) is 0 Å². The van der Waals surface area contributed by atoms with E-state index in [1.54, 1.807) is 0 Å². The molecular formula is C7H6ClFO. The molecular weight excluding hydrogens is 155 g/mol. The van der Waals surface area contributed by atoms with Gasteiger partial charge >= 0.3 is 0 Å². The Bertz CT molecular complexity index is 237. The van der Waals surface area contributed by atoms with E-state index in [0.717, 1.165) is 0 Å². The summed E-state index contributed by atoms with van der Waals surface area (Å²) in [7, 11) is 1.40. The maximum Gasteiger partial charge on any atom is 0.165 e. The predicted molar refractivity (Wildman–Crippen MR) is 38.0 cm³/mol. The molecule has 0 saturated carbocycles. The van der Waals surface area contributed by atoms with Gasteiger partial charge in [0.1, 0.15) is 0 Å². The van der Waals surface area contributed by atoms with Gasteiger partial charge in [-0.25, -0.2) is 4.39 Å². The van der Waals surface area contributed by atoms with Crippen LogP contribution in [0.25, 0.3) is 0 Å². The average molecular weight is 161 g/mol.